The first kappa shape index (κ1) is 21.9. The molecule has 0 aliphatic carbocycles. The van der Waals surface area contributed by atoms with Crippen LogP contribution in [0.5, 0.6) is 0 Å². The van der Waals surface area contributed by atoms with Crippen molar-refractivity contribution in [2.45, 2.75) is 32.4 Å². The summed E-state index contributed by atoms with van der Waals surface area (Å²) in [6.07, 6.45) is 2.53. The van der Waals surface area contributed by atoms with Crippen molar-refractivity contribution < 1.29 is 4.79 Å². The minimum atomic E-state index is -0.731. The summed E-state index contributed by atoms with van der Waals surface area (Å²) >= 11 is 23.9. The van der Waals surface area contributed by atoms with Crippen LogP contribution in [0.2, 0.25) is 20.1 Å². The van der Waals surface area contributed by atoms with Gasteiger partial charge in [0.15, 0.2) is 0 Å². The van der Waals surface area contributed by atoms with Gasteiger partial charge in [0.25, 0.3) is 5.91 Å². The average Bonchev–Trinajstić information content (AvgIpc) is 3.14. The van der Waals surface area contributed by atoms with E-state index in [-0.39, 0.29) is 5.91 Å². The number of nitrogens with zero attached hydrogens (tertiary/aromatic N) is 3. The molecule has 0 saturated heterocycles. The number of rotatable bonds is 6. The van der Waals surface area contributed by atoms with Gasteiger partial charge in [0.05, 0.1) is 31.8 Å². The third-order valence-electron chi connectivity index (χ3n) is 4.40. The highest BCUT2D eigenvalue weighted by Crippen LogP contribution is 2.25. The number of carbonyl (C=O) groups excluding carboxylic acids is 1. The third-order valence-corrected chi connectivity index (χ3v) is 5.88. The maximum Gasteiger partial charge on any atom is 0.252 e. The summed E-state index contributed by atoms with van der Waals surface area (Å²) in [6.45, 7) is 4.33. The van der Waals surface area contributed by atoms with Crippen molar-refractivity contribution >= 4 is 52.3 Å². The molecule has 0 radical (unpaired) electrons. The highest BCUT2D eigenvalue weighted by molar-refractivity contribution is 6.42. The van der Waals surface area contributed by atoms with Gasteiger partial charge in [0.1, 0.15) is 5.69 Å². The van der Waals surface area contributed by atoms with Crippen LogP contribution in [0.3, 0.4) is 0 Å². The van der Waals surface area contributed by atoms with Gasteiger partial charge in [0, 0.05) is 12.1 Å². The van der Waals surface area contributed by atoms with Crippen LogP contribution in [-0.2, 0) is 18.5 Å². The van der Waals surface area contributed by atoms with Crippen molar-refractivity contribution in [1.82, 2.24) is 20.3 Å². The van der Waals surface area contributed by atoms with Crippen molar-refractivity contribution in [1.29, 1.82) is 0 Å². The number of halogens is 4. The zero-order valence-corrected chi connectivity index (χ0v) is 18.7. The van der Waals surface area contributed by atoms with Gasteiger partial charge >= 0.3 is 0 Å². The lowest BCUT2D eigenvalue weighted by molar-refractivity contribution is 0.0910. The molecule has 3 rings (SSSR count). The molecule has 0 saturated carbocycles. The summed E-state index contributed by atoms with van der Waals surface area (Å²) in [5, 5.41) is 13.1. The molecule has 1 aromatic heterocycles. The number of carbonyl (C=O) groups is 1. The van der Waals surface area contributed by atoms with E-state index in [1.807, 2.05) is 32.2 Å². The second-order valence-electron chi connectivity index (χ2n) is 7.07. The Balaban J connectivity index is 1.66. The Kier molecular flexibility index (Phi) is 6.74. The number of aromatic nitrogens is 3. The fourth-order valence-corrected chi connectivity index (χ4v) is 3.31. The Hall–Kier alpha value is -1.79. The molecule has 2 aromatic carbocycles. The van der Waals surface area contributed by atoms with Crippen LogP contribution in [-0.4, -0.2) is 20.9 Å². The van der Waals surface area contributed by atoms with Gasteiger partial charge in [-0.15, -0.1) is 5.10 Å². The molecule has 0 aliphatic rings. The summed E-state index contributed by atoms with van der Waals surface area (Å²) in [5.74, 6) is -0.279. The van der Waals surface area contributed by atoms with Gasteiger partial charge in [-0.25, -0.2) is 0 Å². The Morgan fingerprint density at radius 2 is 1.66 bits per heavy atom. The van der Waals surface area contributed by atoms with E-state index in [1.54, 1.807) is 22.9 Å². The quantitative estimate of drug-likeness (QED) is 0.494. The van der Waals surface area contributed by atoms with Crippen LogP contribution in [0.1, 0.15) is 35.5 Å². The molecule has 0 aliphatic heterocycles. The van der Waals surface area contributed by atoms with Gasteiger partial charge in [-0.05, 0) is 56.2 Å². The van der Waals surface area contributed by atoms with E-state index in [0.29, 0.717) is 37.9 Å². The molecule has 0 atom stereocenters. The minimum Gasteiger partial charge on any atom is -0.341 e. The van der Waals surface area contributed by atoms with E-state index >= 15 is 0 Å². The van der Waals surface area contributed by atoms with E-state index in [1.165, 1.54) is 6.07 Å². The van der Waals surface area contributed by atoms with Crippen LogP contribution in [0.25, 0.3) is 0 Å². The Bertz CT molecular complexity index is 1050. The minimum absolute atomic E-state index is 0.279. The summed E-state index contributed by atoms with van der Waals surface area (Å²) in [6, 6.07) is 10.3. The molecule has 1 N–H and O–H groups in total. The number of nitrogens with one attached hydrogen (secondary N) is 1. The normalized spacial score (nSPS) is 11.5. The maximum absolute atomic E-state index is 12.6. The molecule has 9 heteroatoms. The van der Waals surface area contributed by atoms with Crippen molar-refractivity contribution in [3.63, 3.8) is 0 Å². The van der Waals surface area contributed by atoms with Gasteiger partial charge in [-0.3, -0.25) is 9.48 Å². The van der Waals surface area contributed by atoms with Crippen LogP contribution < -0.4 is 5.32 Å². The Labute approximate surface area is 188 Å². The molecule has 0 unspecified atom stereocenters. The molecule has 0 fully saturated rings. The van der Waals surface area contributed by atoms with E-state index in [2.05, 4.69) is 15.6 Å². The van der Waals surface area contributed by atoms with Crippen LogP contribution in [0.4, 0.5) is 0 Å². The fraction of sp³-hybridized carbons (Fsp3) is 0.250. The molecule has 3 aromatic rings. The van der Waals surface area contributed by atoms with Crippen molar-refractivity contribution in [2.24, 2.45) is 0 Å². The lowest BCUT2D eigenvalue weighted by Gasteiger charge is -2.23. The summed E-state index contributed by atoms with van der Waals surface area (Å²) < 4.78 is 1.73. The second kappa shape index (κ2) is 8.92. The average molecular weight is 472 g/mol. The smallest absolute Gasteiger partial charge is 0.252 e. The second-order valence-corrected chi connectivity index (χ2v) is 8.70. The molecule has 1 heterocycles. The lowest BCUT2D eigenvalue weighted by Crippen LogP contribution is -2.41. The Morgan fingerprint density at radius 3 is 2.31 bits per heavy atom. The molecule has 152 valence electrons. The first-order valence-electron chi connectivity index (χ1n) is 8.78. The number of hydrogen-bond donors (Lipinski definition) is 1. The van der Waals surface area contributed by atoms with E-state index in [9.17, 15) is 4.79 Å². The van der Waals surface area contributed by atoms with Gasteiger partial charge < -0.3 is 5.32 Å². The molecule has 5 nitrogen and oxygen atoms in total. The monoisotopic (exact) mass is 470 g/mol. The van der Waals surface area contributed by atoms with E-state index in [4.69, 9.17) is 46.4 Å². The SMILES string of the molecule is CC(C)(NC(=O)c1ccc(Cl)c(Cl)c1)c1cn(CCc2ccc(Cl)c(Cl)c2)nn1. The van der Waals surface area contributed by atoms with Crippen LogP contribution in [0, 0.1) is 0 Å². The standard InChI is InChI=1S/C20H18Cl4N4O/c1-20(2,25-19(29)13-4-6-15(22)17(24)10-13)18-11-28(27-26-18)8-7-12-3-5-14(21)16(23)9-12/h3-6,9-11H,7-8H2,1-2H3,(H,25,29). The summed E-state index contributed by atoms with van der Waals surface area (Å²) in [5.41, 5.74) is 1.37. The van der Waals surface area contributed by atoms with Crippen LogP contribution in [0.15, 0.2) is 42.6 Å². The molecule has 0 bridgehead atoms. The first-order chi connectivity index (χ1) is 13.7. The molecule has 0 spiro atoms. The first-order valence-corrected chi connectivity index (χ1v) is 10.3. The predicted molar refractivity (Wildman–Crippen MR) is 117 cm³/mol. The summed E-state index contributed by atoms with van der Waals surface area (Å²) in [7, 11) is 0. The topological polar surface area (TPSA) is 59.8 Å². The largest absolute Gasteiger partial charge is 0.341 e. The van der Waals surface area contributed by atoms with Gasteiger partial charge in [-0.2, -0.15) is 0 Å². The number of amides is 1. The van der Waals surface area contributed by atoms with E-state index in [0.717, 1.165) is 12.0 Å². The van der Waals surface area contributed by atoms with Crippen LogP contribution >= 0.6 is 46.4 Å². The highest BCUT2D eigenvalue weighted by Gasteiger charge is 2.27. The van der Waals surface area contributed by atoms with Crippen molar-refractivity contribution in [2.75, 3.05) is 0 Å². The summed E-state index contributed by atoms with van der Waals surface area (Å²) in [4.78, 5) is 12.6. The van der Waals surface area contributed by atoms with Gasteiger partial charge in [0.2, 0.25) is 0 Å². The fourth-order valence-electron chi connectivity index (χ4n) is 2.69. The third kappa shape index (κ3) is 5.43. The zero-order valence-electron chi connectivity index (χ0n) is 15.7. The predicted octanol–water partition coefficient (Wildman–Crippen LogP) is 5.80. The molecule has 29 heavy (non-hydrogen) atoms. The number of aryl methyl sites for hydroxylation is 2. The van der Waals surface area contributed by atoms with Crippen molar-refractivity contribution in [3.05, 3.63) is 79.5 Å². The molecule has 1 amide bonds. The Morgan fingerprint density at radius 1 is 1.00 bits per heavy atom. The van der Waals surface area contributed by atoms with Crippen molar-refractivity contribution in [3.8, 4) is 0 Å². The zero-order chi connectivity index (χ0) is 21.2. The highest BCUT2D eigenvalue weighted by atomic mass is 35.5. The lowest BCUT2D eigenvalue weighted by atomic mass is 10.0. The number of hydrogen-bond acceptors (Lipinski definition) is 3. The maximum atomic E-state index is 12.6. The number of benzene rings is 2. The molecular formula is C20H18Cl4N4O. The van der Waals surface area contributed by atoms with E-state index < -0.39 is 5.54 Å². The molecular weight excluding hydrogens is 454 g/mol. The van der Waals surface area contributed by atoms with Gasteiger partial charge in [-0.1, -0.05) is 57.7 Å².